The van der Waals surface area contributed by atoms with Gasteiger partial charge in [-0.05, 0) is 36.8 Å². The topological polar surface area (TPSA) is 77.5 Å². The van der Waals surface area contributed by atoms with Gasteiger partial charge in [0.1, 0.15) is 0 Å². The molecule has 0 bridgehead atoms. The molecule has 0 saturated heterocycles. The van der Waals surface area contributed by atoms with Crippen LogP contribution in [0.2, 0.25) is 0 Å². The third-order valence-electron chi connectivity index (χ3n) is 4.74. The van der Waals surface area contributed by atoms with Crippen molar-refractivity contribution in [2.45, 2.75) is 18.9 Å². The van der Waals surface area contributed by atoms with Crippen molar-refractivity contribution in [1.82, 2.24) is 4.98 Å². The Kier molecular flexibility index (Phi) is 4.79. The summed E-state index contributed by atoms with van der Waals surface area (Å²) in [7, 11) is 1.39. The molecule has 0 unspecified atom stereocenters. The molecule has 1 atom stereocenters. The first kappa shape index (κ1) is 19.1. The highest BCUT2D eigenvalue weighted by Crippen LogP contribution is 2.31. The van der Waals surface area contributed by atoms with Crippen LogP contribution < -0.4 is 10.1 Å². The van der Waals surface area contributed by atoms with E-state index >= 15 is 0 Å². The van der Waals surface area contributed by atoms with E-state index in [2.05, 4.69) is 10.3 Å². The van der Waals surface area contributed by atoms with Crippen LogP contribution in [0.4, 0.5) is 9.52 Å². The molecule has 2 aromatic carbocycles. The lowest BCUT2D eigenvalue weighted by Crippen LogP contribution is -2.48. The molecule has 6 nitrogen and oxygen atoms in total. The summed E-state index contributed by atoms with van der Waals surface area (Å²) >= 11 is 1.20. The monoisotopic (exact) mass is 412 g/mol. The van der Waals surface area contributed by atoms with Crippen LogP contribution in [-0.2, 0) is 16.0 Å². The zero-order valence-corrected chi connectivity index (χ0v) is 16.5. The van der Waals surface area contributed by atoms with E-state index in [1.165, 1.54) is 30.6 Å². The summed E-state index contributed by atoms with van der Waals surface area (Å²) in [6.45, 7) is 1.57. The zero-order chi connectivity index (χ0) is 20.6. The first-order valence-corrected chi connectivity index (χ1v) is 9.70. The van der Waals surface area contributed by atoms with Gasteiger partial charge >= 0.3 is 5.97 Å². The number of esters is 1. The highest BCUT2D eigenvalue weighted by molar-refractivity contribution is 7.14. The van der Waals surface area contributed by atoms with Crippen molar-refractivity contribution in [3.8, 4) is 17.0 Å². The Morgan fingerprint density at radius 3 is 2.86 bits per heavy atom. The number of hydrogen-bond acceptors (Lipinski definition) is 6. The van der Waals surface area contributed by atoms with Crippen LogP contribution in [0, 0.1) is 5.82 Å². The normalized spacial score (nSPS) is 18.0. The van der Waals surface area contributed by atoms with E-state index in [1.807, 2.05) is 6.07 Å². The second kappa shape index (κ2) is 7.29. The largest absolute Gasteiger partial charge is 0.494 e. The number of halogens is 1. The molecule has 0 spiro atoms. The molecule has 1 aliphatic heterocycles. The third-order valence-corrected chi connectivity index (χ3v) is 5.49. The molecule has 8 heteroatoms. The third kappa shape index (κ3) is 3.58. The maximum Gasteiger partial charge on any atom is 0.339 e. The number of carbonyl (C=O) groups excluding carboxylic acids is 2. The van der Waals surface area contributed by atoms with Crippen LogP contribution in [-0.4, -0.2) is 29.6 Å². The van der Waals surface area contributed by atoms with Crippen LogP contribution >= 0.6 is 11.3 Å². The van der Waals surface area contributed by atoms with Gasteiger partial charge in [-0.25, -0.2) is 14.2 Å². The number of nitrogens with one attached hydrogen (secondary N) is 1. The average molecular weight is 412 g/mol. The lowest BCUT2D eigenvalue weighted by molar-refractivity contribution is -0.134. The van der Waals surface area contributed by atoms with Crippen molar-refractivity contribution in [3.05, 3.63) is 64.8 Å². The predicted molar refractivity (Wildman–Crippen MR) is 107 cm³/mol. The SMILES string of the molecule is COc1ccc(-c2csc(NC(=O)[C@]3(C)Cc4ccccc4C(=O)O3)n2)cc1F. The summed E-state index contributed by atoms with van der Waals surface area (Å²) < 4.78 is 24.3. The number of anilines is 1. The fraction of sp³-hybridized carbons (Fsp3) is 0.190. The van der Waals surface area contributed by atoms with Gasteiger partial charge in [0, 0.05) is 17.4 Å². The van der Waals surface area contributed by atoms with Gasteiger partial charge in [-0.2, -0.15) is 0 Å². The van der Waals surface area contributed by atoms with Gasteiger partial charge in [0.05, 0.1) is 18.4 Å². The van der Waals surface area contributed by atoms with Crippen LogP contribution in [0.15, 0.2) is 47.8 Å². The summed E-state index contributed by atoms with van der Waals surface area (Å²) in [5.41, 5.74) is 0.960. The number of ether oxygens (including phenoxy) is 2. The second-order valence-electron chi connectivity index (χ2n) is 6.80. The highest BCUT2D eigenvalue weighted by atomic mass is 32.1. The fourth-order valence-electron chi connectivity index (χ4n) is 3.18. The van der Waals surface area contributed by atoms with Gasteiger partial charge in [0.15, 0.2) is 22.3 Å². The number of rotatable bonds is 4. The molecule has 29 heavy (non-hydrogen) atoms. The molecule has 2 heterocycles. The van der Waals surface area contributed by atoms with E-state index < -0.39 is 23.3 Å². The molecule has 3 aromatic rings. The summed E-state index contributed by atoms with van der Waals surface area (Å²) in [5, 5.41) is 4.74. The van der Waals surface area contributed by atoms with E-state index in [1.54, 1.807) is 36.6 Å². The number of fused-ring (bicyclic) bond motifs is 1. The van der Waals surface area contributed by atoms with E-state index in [4.69, 9.17) is 9.47 Å². The lowest BCUT2D eigenvalue weighted by atomic mass is 9.89. The van der Waals surface area contributed by atoms with Crippen LogP contribution in [0.5, 0.6) is 5.75 Å². The molecule has 4 rings (SSSR count). The molecule has 1 aromatic heterocycles. The van der Waals surface area contributed by atoms with Crippen LogP contribution in [0.1, 0.15) is 22.8 Å². The van der Waals surface area contributed by atoms with E-state index in [0.717, 1.165) is 5.56 Å². The molecule has 1 N–H and O–H groups in total. The van der Waals surface area contributed by atoms with Crippen molar-refractivity contribution in [2.75, 3.05) is 12.4 Å². The first-order valence-electron chi connectivity index (χ1n) is 8.82. The number of thiazole rings is 1. The van der Waals surface area contributed by atoms with Gasteiger partial charge in [0.2, 0.25) is 0 Å². The van der Waals surface area contributed by atoms with Gasteiger partial charge in [-0.3, -0.25) is 10.1 Å². The molecule has 0 fully saturated rings. The molecular formula is C21H17FN2O4S. The number of methoxy groups -OCH3 is 1. The number of nitrogens with zero attached hydrogens (tertiary/aromatic N) is 1. The summed E-state index contributed by atoms with van der Waals surface area (Å²) in [4.78, 5) is 29.4. The number of cyclic esters (lactones) is 1. The Morgan fingerprint density at radius 2 is 2.10 bits per heavy atom. The molecule has 0 radical (unpaired) electrons. The minimum Gasteiger partial charge on any atom is -0.494 e. The van der Waals surface area contributed by atoms with Crippen molar-refractivity contribution >= 4 is 28.3 Å². The first-order chi connectivity index (χ1) is 13.9. The maximum atomic E-state index is 13.9. The smallest absolute Gasteiger partial charge is 0.339 e. The highest BCUT2D eigenvalue weighted by Gasteiger charge is 2.42. The standard InChI is InChI=1S/C21H17FN2O4S/c1-21(10-13-5-3-4-6-14(13)18(25)28-21)19(26)24-20-23-16(11-29-20)12-7-8-17(27-2)15(22)9-12/h3-9,11H,10H2,1-2H3,(H,23,24,26)/t21-/m0/s1. The zero-order valence-electron chi connectivity index (χ0n) is 15.7. The Bertz CT molecular complexity index is 1110. The van der Waals surface area contributed by atoms with Crippen molar-refractivity contribution in [1.29, 1.82) is 0 Å². The number of amides is 1. The molecular weight excluding hydrogens is 395 g/mol. The molecule has 1 amide bonds. The van der Waals surface area contributed by atoms with Crippen molar-refractivity contribution in [3.63, 3.8) is 0 Å². The lowest BCUT2D eigenvalue weighted by Gasteiger charge is -2.32. The van der Waals surface area contributed by atoms with E-state index in [9.17, 15) is 14.0 Å². The van der Waals surface area contributed by atoms with Crippen LogP contribution in [0.3, 0.4) is 0 Å². The van der Waals surface area contributed by atoms with Gasteiger partial charge in [-0.1, -0.05) is 18.2 Å². The van der Waals surface area contributed by atoms with Crippen molar-refractivity contribution in [2.24, 2.45) is 0 Å². The number of hydrogen-bond donors (Lipinski definition) is 1. The molecule has 148 valence electrons. The summed E-state index contributed by atoms with van der Waals surface area (Å²) in [6.07, 6.45) is 0.267. The number of carbonyl (C=O) groups is 2. The Hall–Kier alpha value is -3.26. The summed E-state index contributed by atoms with van der Waals surface area (Å²) in [6, 6.07) is 11.6. The molecule has 1 aliphatic rings. The van der Waals surface area contributed by atoms with Crippen molar-refractivity contribution < 1.29 is 23.5 Å². The number of benzene rings is 2. The quantitative estimate of drug-likeness (QED) is 0.654. The maximum absolute atomic E-state index is 13.9. The second-order valence-corrected chi connectivity index (χ2v) is 7.65. The van der Waals surface area contributed by atoms with Crippen LogP contribution in [0.25, 0.3) is 11.3 Å². The predicted octanol–water partition coefficient (Wildman–Crippen LogP) is 4.07. The Labute approximate surface area is 170 Å². The molecule has 0 saturated carbocycles. The Balaban J connectivity index is 1.52. The Morgan fingerprint density at radius 1 is 1.31 bits per heavy atom. The van der Waals surface area contributed by atoms with Gasteiger partial charge in [0.25, 0.3) is 5.91 Å². The average Bonchev–Trinajstić information content (AvgIpc) is 3.16. The fourth-order valence-corrected chi connectivity index (χ4v) is 3.89. The van der Waals surface area contributed by atoms with Gasteiger partial charge in [-0.15, -0.1) is 11.3 Å². The minimum absolute atomic E-state index is 0.143. The van der Waals surface area contributed by atoms with E-state index in [-0.39, 0.29) is 12.2 Å². The number of aromatic nitrogens is 1. The summed E-state index contributed by atoms with van der Waals surface area (Å²) in [5.74, 6) is -1.35. The van der Waals surface area contributed by atoms with Gasteiger partial charge < -0.3 is 9.47 Å². The van der Waals surface area contributed by atoms with E-state index in [0.29, 0.717) is 22.0 Å². The molecule has 0 aliphatic carbocycles. The minimum atomic E-state index is -1.34.